The van der Waals surface area contributed by atoms with Crippen LogP contribution in [0.15, 0.2) is 35.3 Å². The summed E-state index contributed by atoms with van der Waals surface area (Å²) in [6.45, 7) is 2.34. The lowest BCUT2D eigenvalue weighted by atomic mass is 10.2. The molecule has 7 heteroatoms. The first-order valence-corrected chi connectivity index (χ1v) is 6.80. The fraction of sp³-hybridized carbons (Fsp3) is 0.200. The Morgan fingerprint density at radius 3 is 2.91 bits per heavy atom. The molecule has 112 valence electrons. The Balaban J connectivity index is 2.53. The van der Waals surface area contributed by atoms with E-state index in [0.717, 1.165) is 0 Å². The first kappa shape index (κ1) is 14.0. The minimum atomic E-state index is -0.584. The van der Waals surface area contributed by atoms with E-state index in [4.69, 9.17) is 10.5 Å². The largest absolute Gasteiger partial charge is 0.465 e. The molecular weight excluding hydrogens is 284 g/mol. The van der Waals surface area contributed by atoms with Crippen LogP contribution in [-0.4, -0.2) is 22.5 Å². The molecule has 0 aliphatic heterocycles. The lowest BCUT2D eigenvalue weighted by molar-refractivity contribution is -0.655. The fourth-order valence-corrected chi connectivity index (χ4v) is 2.49. The second-order valence-electron chi connectivity index (χ2n) is 4.76. The highest BCUT2D eigenvalue weighted by molar-refractivity contribution is 5.96. The van der Waals surface area contributed by atoms with Gasteiger partial charge in [-0.3, -0.25) is 9.20 Å². The van der Waals surface area contributed by atoms with Gasteiger partial charge in [0, 0.05) is 6.20 Å². The smallest absolute Gasteiger partial charge is 0.344 e. The summed E-state index contributed by atoms with van der Waals surface area (Å²) in [6, 6.07) is 6.73. The van der Waals surface area contributed by atoms with Gasteiger partial charge in [-0.15, -0.1) is 0 Å². The summed E-state index contributed by atoms with van der Waals surface area (Å²) in [5.41, 5.74) is 6.92. The molecule has 0 amide bonds. The molecule has 22 heavy (non-hydrogen) atoms. The van der Waals surface area contributed by atoms with Crippen LogP contribution in [-0.2, 0) is 11.3 Å². The van der Waals surface area contributed by atoms with Crippen molar-refractivity contribution >= 4 is 28.5 Å². The zero-order chi connectivity index (χ0) is 15.9. The lowest BCUT2D eigenvalue weighted by Gasteiger charge is -2.09. The van der Waals surface area contributed by atoms with E-state index in [9.17, 15) is 9.59 Å². The molecule has 0 atom stereocenters. The van der Waals surface area contributed by atoms with Gasteiger partial charge in [0.15, 0.2) is 0 Å². The lowest BCUT2D eigenvalue weighted by Crippen LogP contribution is -2.41. The van der Waals surface area contributed by atoms with Crippen molar-refractivity contribution in [3.05, 3.63) is 46.4 Å². The van der Waals surface area contributed by atoms with E-state index in [0.29, 0.717) is 23.2 Å². The standard InChI is InChI=1S/C15H14N4O3/c1-3-18-12(16)9(15(21)22-2)8-10-13(18)17-11-6-4-5-7-19(11)14(10)20/h4-8,16H,3H2,1-2H3/p+1. The summed E-state index contributed by atoms with van der Waals surface area (Å²) in [4.78, 5) is 29.0. The number of ether oxygens (including phenoxy) is 1. The number of aryl methyl sites for hydroxylation is 1. The third kappa shape index (κ3) is 1.90. The van der Waals surface area contributed by atoms with Crippen LogP contribution in [0.4, 0.5) is 5.82 Å². The predicted octanol–water partition coefficient (Wildman–Crippen LogP) is 0.524. The van der Waals surface area contributed by atoms with E-state index in [2.05, 4.69) is 4.98 Å². The number of nitrogens with two attached hydrogens (primary N) is 1. The number of methoxy groups -OCH3 is 1. The number of carbonyl (C=O) groups excluding carboxylic acids is 1. The topological polar surface area (TPSA) is 90.6 Å². The zero-order valence-electron chi connectivity index (χ0n) is 12.2. The van der Waals surface area contributed by atoms with Gasteiger partial charge >= 0.3 is 5.97 Å². The molecule has 0 saturated heterocycles. The normalized spacial score (nSPS) is 11.0. The second kappa shape index (κ2) is 5.10. The SMILES string of the molecule is CC[n+]1c(N)c(C(=O)OC)cc2c(=O)n3ccccc3nc21. The number of nitrogen functional groups attached to an aromatic ring is 1. The maximum Gasteiger partial charge on any atom is 0.344 e. The van der Waals surface area contributed by atoms with Crippen molar-refractivity contribution in [2.45, 2.75) is 13.5 Å². The number of carbonyl (C=O) groups is 1. The van der Waals surface area contributed by atoms with E-state index in [-0.39, 0.29) is 16.9 Å². The molecule has 3 heterocycles. The molecule has 7 nitrogen and oxygen atoms in total. The van der Waals surface area contributed by atoms with Gasteiger partial charge in [-0.2, -0.15) is 0 Å². The molecule has 0 spiro atoms. The Bertz CT molecular complexity index is 962. The average molecular weight is 299 g/mol. The predicted molar refractivity (Wildman–Crippen MR) is 80.6 cm³/mol. The number of hydrogen-bond donors (Lipinski definition) is 1. The molecule has 3 rings (SSSR count). The molecule has 0 bridgehead atoms. The van der Waals surface area contributed by atoms with Gasteiger partial charge in [0.1, 0.15) is 10.9 Å². The highest BCUT2D eigenvalue weighted by Crippen LogP contribution is 2.15. The van der Waals surface area contributed by atoms with Crippen molar-refractivity contribution in [2.24, 2.45) is 0 Å². The Morgan fingerprint density at radius 1 is 1.45 bits per heavy atom. The molecule has 0 fully saturated rings. The van der Waals surface area contributed by atoms with Crippen LogP contribution >= 0.6 is 0 Å². The molecule has 0 unspecified atom stereocenters. The third-order valence-corrected chi connectivity index (χ3v) is 3.58. The van der Waals surface area contributed by atoms with Gasteiger partial charge in [-0.05, 0) is 25.1 Å². The number of nitrogens with zero attached hydrogens (tertiary/aromatic N) is 3. The number of fused-ring (bicyclic) bond motifs is 2. The summed E-state index contributed by atoms with van der Waals surface area (Å²) < 4.78 is 7.80. The van der Waals surface area contributed by atoms with Crippen LogP contribution in [0.3, 0.4) is 0 Å². The van der Waals surface area contributed by atoms with Crippen molar-refractivity contribution in [1.29, 1.82) is 0 Å². The second-order valence-corrected chi connectivity index (χ2v) is 4.76. The maximum atomic E-state index is 12.6. The molecule has 0 aliphatic rings. The van der Waals surface area contributed by atoms with Gasteiger partial charge in [0.05, 0.1) is 13.7 Å². The Labute approximate surface area is 125 Å². The first-order chi connectivity index (χ1) is 10.6. The average Bonchev–Trinajstić information content (AvgIpc) is 2.54. The minimum Gasteiger partial charge on any atom is -0.465 e. The summed E-state index contributed by atoms with van der Waals surface area (Å²) in [6.07, 6.45) is 1.63. The van der Waals surface area contributed by atoms with E-state index in [1.54, 1.807) is 29.0 Å². The highest BCUT2D eigenvalue weighted by Gasteiger charge is 2.23. The number of esters is 1. The summed E-state index contributed by atoms with van der Waals surface area (Å²) >= 11 is 0. The Hall–Kier alpha value is -2.96. The van der Waals surface area contributed by atoms with E-state index in [1.165, 1.54) is 17.6 Å². The first-order valence-electron chi connectivity index (χ1n) is 6.80. The highest BCUT2D eigenvalue weighted by atomic mass is 16.5. The van der Waals surface area contributed by atoms with E-state index in [1.807, 2.05) is 6.92 Å². The summed E-state index contributed by atoms with van der Waals surface area (Å²) in [7, 11) is 1.27. The quantitative estimate of drug-likeness (QED) is 0.423. The summed E-state index contributed by atoms with van der Waals surface area (Å²) in [5.74, 6) is -0.354. The molecule has 0 radical (unpaired) electrons. The Morgan fingerprint density at radius 2 is 2.23 bits per heavy atom. The summed E-state index contributed by atoms with van der Waals surface area (Å²) in [5, 5.41) is 0.320. The monoisotopic (exact) mass is 299 g/mol. The number of pyridine rings is 2. The van der Waals surface area contributed by atoms with Crippen LogP contribution < -0.4 is 15.9 Å². The van der Waals surface area contributed by atoms with Crippen LogP contribution in [0.2, 0.25) is 0 Å². The number of anilines is 1. The molecular formula is C15H15N4O3+. The zero-order valence-corrected chi connectivity index (χ0v) is 12.2. The van der Waals surface area contributed by atoms with Crippen molar-refractivity contribution in [3.63, 3.8) is 0 Å². The molecule has 2 N–H and O–H groups in total. The van der Waals surface area contributed by atoms with Crippen molar-refractivity contribution in [1.82, 2.24) is 9.38 Å². The van der Waals surface area contributed by atoms with Crippen LogP contribution in [0.25, 0.3) is 16.7 Å². The maximum absolute atomic E-state index is 12.6. The number of aromatic nitrogens is 3. The van der Waals surface area contributed by atoms with Gasteiger partial charge in [0.25, 0.3) is 11.2 Å². The van der Waals surface area contributed by atoms with E-state index < -0.39 is 5.97 Å². The van der Waals surface area contributed by atoms with Crippen LogP contribution in [0, 0.1) is 0 Å². The van der Waals surface area contributed by atoms with Gasteiger partial charge in [0.2, 0.25) is 11.5 Å². The minimum absolute atomic E-state index is 0.159. The van der Waals surface area contributed by atoms with Crippen molar-refractivity contribution in [3.8, 4) is 0 Å². The van der Waals surface area contributed by atoms with Gasteiger partial charge < -0.3 is 10.5 Å². The molecule has 0 aromatic carbocycles. The number of rotatable bonds is 2. The van der Waals surface area contributed by atoms with Crippen LogP contribution in [0.5, 0.6) is 0 Å². The van der Waals surface area contributed by atoms with Gasteiger partial charge in [-0.25, -0.2) is 9.36 Å². The van der Waals surface area contributed by atoms with Crippen LogP contribution in [0.1, 0.15) is 17.3 Å². The van der Waals surface area contributed by atoms with E-state index >= 15 is 0 Å². The van der Waals surface area contributed by atoms with Gasteiger partial charge in [-0.1, -0.05) is 11.1 Å². The Kier molecular flexibility index (Phi) is 3.25. The van der Waals surface area contributed by atoms with Crippen molar-refractivity contribution in [2.75, 3.05) is 12.8 Å². The molecule has 3 aromatic rings. The fourth-order valence-electron chi connectivity index (χ4n) is 2.49. The third-order valence-electron chi connectivity index (χ3n) is 3.58. The number of hydrogen-bond acceptors (Lipinski definition) is 5. The molecule has 3 aromatic heterocycles. The molecule has 0 aliphatic carbocycles. The van der Waals surface area contributed by atoms with Crippen molar-refractivity contribution < 1.29 is 14.1 Å². The molecule has 0 saturated carbocycles.